The normalized spacial score (nSPS) is 14.1. The van der Waals surface area contributed by atoms with E-state index in [0.29, 0.717) is 49.1 Å². The van der Waals surface area contributed by atoms with E-state index < -0.39 is 0 Å². The molecule has 0 aromatic heterocycles. The lowest BCUT2D eigenvalue weighted by Gasteiger charge is -2.35. The Morgan fingerprint density at radius 3 is 2.14 bits per heavy atom. The first-order chi connectivity index (χ1) is 13.9. The van der Waals surface area contributed by atoms with Gasteiger partial charge in [0.1, 0.15) is 5.56 Å². The van der Waals surface area contributed by atoms with Crippen molar-refractivity contribution in [1.82, 2.24) is 9.80 Å². The predicted octanol–water partition coefficient (Wildman–Crippen LogP) is 4.23. The summed E-state index contributed by atoms with van der Waals surface area (Å²) in [5.74, 6) is 0.151. The smallest absolute Gasteiger partial charge is 0.259 e. The molecule has 0 N–H and O–H groups in total. The van der Waals surface area contributed by atoms with E-state index in [1.165, 1.54) is 12.7 Å². The molecule has 5 nitrogen and oxygen atoms in total. The van der Waals surface area contributed by atoms with Gasteiger partial charge >= 0.3 is 0 Å². The summed E-state index contributed by atoms with van der Waals surface area (Å²) in [4.78, 5) is 29.0. The van der Waals surface area contributed by atoms with Crippen LogP contribution in [0.5, 0.6) is 5.75 Å². The fraction of sp³-hybridized carbons (Fsp3) is 0.364. The Morgan fingerprint density at radius 1 is 0.931 bits per heavy atom. The molecule has 1 saturated heterocycles. The molecule has 3 rings (SSSR count). The molecular formula is C22H24Cl2N2O3. The third-order valence-corrected chi connectivity index (χ3v) is 5.76. The highest BCUT2D eigenvalue weighted by Crippen LogP contribution is 2.34. The quantitative estimate of drug-likeness (QED) is 0.707. The summed E-state index contributed by atoms with van der Waals surface area (Å²) >= 11 is 12.4. The predicted molar refractivity (Wildman–Crippen MR) is 115 cm³/mol. The van der Waals surface area contributed by atoms with Gasteiger partial charge in [-0.1, -0.05) is 53.0 Å². The average molecular weight is 435 g/mol. The lowest BCUT2D eigenvalue weighted by Crippen LogP contribution is -2.50. The first kappa shape index (κ1) is 21.5. The van der Waals surface area contributed by atoms with E-state index in [1.54, 1.807) is 17.0 Å². The zero-order chi connectivity index (χ0) is 21.0. The van der Waals surface area contributed by atoms with E-state index in [-0.39, 0.29) is 23.1 Å². The van der Waals surface area contributed by atoms with Crippen LogP contribution in [-0.4, -0.2) is 54.9 Å². The molecule has 0 atom stereocenters. The molecule has 0 unspecified atom stereocenters. The SMILES string of the molecule is COc1c(Cl)ccc(Cl)c1C(=O)N1CCN(C(=O)CCc2ccc(C)cc2)CC1. The minimum absolute atomic E-state index is 0.107. The van der Waals surface area contributed by atoms with E-state index in [0.717, 1.165) is 5.56 Å². The number of amides is 2. The Kier molecular flexibility index (Phi) is 7.04. The molecule has 1 aliphatic heterocycles. The maximum Gasteiger partial charge on any atom is 0.259 e. The van der Waals surface area contributed by atoms with Crippen LogP contribution in [0.15, 0.2) is 36.4 Å². The molecule has 7 heteroatoms. The summed E-state index contributed by atoms with van der Waals surface area (Å²) in [5, 5.41) is 0.637. The van der Waals surface area contributed by atoms with Gasteiger partial charge in [-0.15, -0.1) is 0 Å². The highest BCUT2D eigenvalue weighted by molar-refractivity contribution is 6.37. The number of hydrogen-bond acceptors (Lipinski definition) is 3. The number of ether oxygens (including phenoxy) is 1. The number of hydrogen-bond donors (Lipinski definition) is 0. The standard InChI is InChI=1S/C22H24Cl2N2O3/c1-15-3-5-16(6-4-15)7-10-19(27)25-11-13-26(14-12-25)22(28)20-17(23)8-9-18(24)21(20)29-2/h3-6,8-9H,7,10-14H2,1-2H3. The maximum atomic E-state index is 13.0. The van der Waals surface area contributed by atoms with Crippen LogP contribution >= 0.6 is 23.2 Å². The van der Waals surface area contributed by atoms with Crippen LogP contribution in [0.4, 0.5) is 0 Å². The van der Waals surface area contributed by atoms with E-state index in [1.807, 2.05) is 11.8 Å². The lowest BCUT2D eigenvalue weighted by atomic mass is 10.1. The van der Waals surface area contributed by atoms with E-state index in [9.17, 15) is 9.59 Å². The molecule has 2 aromatic rings. The summed E-state index contributed by atoms with van der Waals surface area (Å²) in [7, 11) is 1.46. The summed E-state index contributed by atoms with van der Waals surface area (Å²) < 4.78 is 5.28. The van der Waals surface area contributed by atoms with Gasteiger partial charge in [0.05, 0.1) is 17.2 Å². The van der Waals surface area contributed by atoms with Crippen LogP contribution in [0.3, 0.4) is 0 Å². The number of rotatable bonds is 5. The first-order valence-corrected chi connectivity index (χ1v) is 10.3. The summed E-state index contributed by atoms with van der Waals surface area (Å²) in [6.07, 6.45) is 1.18. The van der Waals surface area contributed by atoms with Crippen molar-refractivity contribution in [2.24, 2.45) is 0 Å². The van der Waals surface area contributed by atoms with Crippen molar-refractivity contribution in [3.05, 3.63) is 63.1 Å². The summed E-state index contributed by atoms with van der Waals surface area (Å²) in [6, 6.07) is 11.4. The van der Waals surface area contributed by atoms with E-state index in [2.05, 4.69) is 24.3 Å². The van der Waals surface area contributed by atoms with Gasteiger partial charge in [-0.25, -0.2) is 0 Å². The molecule has 154 valence electrons. The number of piperazine rings is 1. The molecule has 0 aliphatic carbocycles. The molecule has 0 saturated carbocycles. The number of methoxy groups -OCH3 is 1. The molecule has 0 radical (unpaired) electrons. The highest BCUT2D eigenvalue weighted by Gasteiger charge is 2.28. The number of aryl methyl sites for hydroxylation is 2. The molecule has 1 fully saturated rings. The number of carbonyl (C=O) groups excluding carboxylic acids is 2. The van der Waals surface area contributed by atoms with Crippen LogP contribution < -0.4 is 4.74 Å². The van der Waals surface area contributed by atoms with Gasteiger partial charge in [-0.3, -0.25) is 9.59 Å². The van der Waals surface area contributed by atoms with Crippen molar-refractivity contribution in [1.29, 1.82) is 0 Å². The van der Waals surface area contributed by atoms with Crippen molar-refractivity contribution in [2.45, 2.75) is 19.8 Å². The van der Waals surface area contributed by atoms with Crippen LogP contribution in [-0.2, 0) is 11.2 Å². The maximum absolute atomic E-state index is 13.0. The monoisotopic (exact) mass is 434 g/mol. The third kappa shape index (κ3) is 5.03. The Balaban J connectivity index is 1.57. The van der Waals surface area contributed by atoms with Crippen molar-refractivity contribution in [3.63, 3.8) is 0 Å². The third-order valence-electron chi connectivity index (χ3n) is 5.14. The van der Waals surface area contributed by atoms with Crippen molar-refractivity contribution in [2.75, 3.05) is 33.3 Å². The average Bonchev–Trinajstić information content (AvgIpc) is 2.74. The zero-order valence-corrected chi connectivity index (χ0v) is 18.1. The van der Waals surface area contributed by atoms with Gasteiger partial charge in [-0.05, 0) is 31.0 Å². The summed E-state index contributed by atoms with van der Waals surface area (Å²) in [6.45, 7) is 3.93. The minimum Gasteiger partial charge on any atom is -0.494 e. The number of nitrogens with zero attached hydrogens (tertiary/aromatic N) is 2. The van der Waals surface area contributed by atoms with Gasteiger partial charge in [0.2, 0.25) is 5.91 Å². The van der Waals surface area contributed by atoms with Gasteiger partial charge in [-0.2, -0.15) is 0 Å². The Hall–Kier alpha value is -2.24. The number of halogens is 2. The van der Waals surface area contributed by atoms with Gasteiger partial charge < -0.3 is 14.5 Å². The minimum atomic E-state index is -0.235. The first-order valence-electron chi connectivity index (χ1n) is 9.55. The second-order valence-corrected chi connectivity index (χ2v) is 7.91. The van der Waals surface area contributed by atoms with Crippen molar-refractivity contribution >= 4 is 35.0 Å². The van der Waals surface area contributed by atoms with Gasteiger partial charge in [0, 0.05) is 32.6 Å². The van der Waals surface area contributed by atoms with E-state index >= 15 is 0 Å². The lowest BCUT2D eigenvalue weighted by molar-refractivity contribution is -0.132. The van der Waals surface area contributed by atoms with Crippen molar-refractivity contribution < 1.29 is 14.3 Å². The fourth-order valence-corrected chi connectivity index (χ4v) is 3.88. The Morgan fingerprint density at radius 2 is 1.52 bits per heavy atom. The molecule has 29 heavy (non-hydrogen) atoms. The van der Waals surface area contributed by atoms with Gasteiger partial charge in [0.25, 0.3) is 5.91 Å². The van der Waals surface area contributed by atoms with Gasteiger partial charge in [0.15, 0.2) is 5.75 Å². The molecule has 2 aromatic carbocycles. The highest BCUT2D eigenvalue weighted by atomic mass is 35.5. The second kappa shape index (κ2) is 9.51. The molecule has 0 spiro atoms. The van der Waals surface area contributed by atoms with Crippen LogP contribution in [0.25, 0.3) is 0 Å². The molecule has 1 heterocycles. The molecule has 1 aliphatic rings. The van der Waals surface area contributed by atoms with Crippen molar-refractivity contribution in [3.8, 4) is 5.75 Å². The zero-order valence-electron chi connectivity index (χ0n) is 16.6. The fourth-order valence-electron chi connectivity index (χ4n) is 3.41. The van der Waals surface area contributed by atoms with Crippen LogP contribution in [0.1, 0.15) is 27.9 Å². The topological polar surface area (TPSA) is 49.9 Å². The number of benzene rings is 2. The Labute approximate surface area is 181 Å². The van der Waals surface area contributed by atoms with Crippen LogP contribution in [0, 0.1) is 6.92 Å². The van der Waals surface area contributed by atoms with Crippen LogP contribution in [0.2, 0.25) is 10.0 Å². The molecule has 0 bridgehead atoms. The summed E-state index contributed by atoms with van der Waals surface area (Å²) in [5.41, 5.74) is 2.62. The second-order valence-electron chi connectivity index (χ2n) is 7.10. The number of carbonyl (C=O) groups is 2. The molecule has 2 amide bonds. The van der Waals surface area contributed by atoms with E-state index in [4.69, 9.17) is 27.9 Å². The molecular weight excluding hydrogens is 411 g/mol. The largest absolute Gasteiger partial charge is 0.494 e. The Bertz CT molecular complexity index is 892.